The van der Waals surface area contributed by atoms with Gasteiger partial charge in [0.2, 0.25) is 0 Å². The van der Waals surface area contributed by atoms with Gasteiger partial charge in [-0.05, 0) is 24.7 Å². The van der Waals surface area contributed by atoms with Gasteiger partial charge in [-0.25, -0.2) is 4.79 Å². The molecule has 138 valence electrons. The maximum Gasteiger partial charge on any atom is 0.409 e. The molecule has 0 N–H and O–H groups in total. The first-order valence-corrected chi connectivity index (χ1v) is 9.66. The molecule has 0 aromatic carbocycles. The van der Waals surface area contributed by atoms with E-state index in [0.717, 1.165) is 24.9 Å². The van der Waals surface area contributed by atoms with Crippen LogP contribution in [-0.2, 0) is 4.74 Å². The van der Waals surface area contributed by atoms with Crippen molar-refractivity contribution < 1.29 is 9.53 Å². The summed E-state index contributed by atoms with van der Waals surface area (Å²) in [5, 5.41) is 0. The predicted octanol–water partition coefficient (Wildman–Crippen LogP) is 6.12. The Labute approximate surface area is 145 Å². The Morgan fingerprint density at radius 3 is 1.96 bits per heavy atom. The van der Waals surface area contributed by atoms with Crippen molar-refractivity contribution in [3.8, 4) is 0 Å². The summed E-state index contributed by atoms with van der Waals surface area (Å²) in [5.74, 6) is 1.78. The monoisotopic (exact) mass is 327 g/mol. The molecule has 1 aliphatic heterocycles. The minimum atomic E-state index is -0.158. The summed E-state index contributed by atoms with van der Waals surface area (Å²) >= 11 is 0. The molecule has 0 atom stereocenters. The lowest BCUT2D eigenvalue weighted by Crippen LogP contribution is -2.59. The second-order valence-electron chi connectivity index (χ2n) is 7.90. The Kier molecular flexibility index (Phi) is 11.4. The first-order chi connectivity index (χ1) is 10.8. The van der Waals surface area contributed by atoms with Crippen molar-refractivity contribution in [3.63, 3.8) is 0 Å². The normalized spacial score (nSPS) is 19.2. The van der Waals surface area contributed by atoms with Crippen LogP contribution in [0, 0.1) is 17.3 Å². The van der Waals surface area contributed by atoms with Gasteiger partial charge in [0, 0.05) is 18.5 Å². The Morgan fingerprint density at radius 2 is 1.65 bits per heavy atom. The van der Waals surface area contributed by atoms with Crippen molar-refractivity contribution in [1.29, 1.82) is 0 Å². The van der Waals surface area contributed by atoms with E-state index in [4.69, 9.17) is 4.74 Å². The fourth-order valence-corrected chi connectivity index (χ4v) is 3.29. The molecule has 0 aromatic rings. The van der Waals surface area contributed by atoms with Gasteiger partial charge in [-0.15, -0.1) is 0 Å². The molecule has 1 saturated heterocycles. The van der Waals surface area contributed by atoms with Crippen molar-refractivity contribution in [2.45, 2.75) is 86.5 Å². The minimum absolute atomic E-state index is 0.158. The quantitative estimate of drug-likeness (QED) is 0.611. The first-order valence-electron chi connectivity index (χ1n) is 9.66. The van der Waals surface area contributed by atoms with Crippen molar-refractivity contribution in [2.75, 3.05) is 20.2 Å². The van der Waals surface area contributed by atoms with E-state index in [1.54, 1.807) is 0 Å². The van der Waals surface area contributed by atoms with Crippen LogP contribution < -0.4 is 0 Å². The molecule has 2 aliphatic rings. The van der Waals surface area contributed by atoms with E-state index < -0.39 is 0 Å². The Hall–Kier alpha value is -0.730. The maximum atomic E-state index is 11.2. The molecule has 2 rings (SSSR count). The average molecular weight is 328 g/mol. The van der Waals surface area contributed by atoms with E-state index in [-0.39, 0.29) is 6.09 Å². The molecule has 1 aliphatic carbocycles. The van der Waals surface area contributed by atoms with E-state index in [1.807, 2.05) is 4.90 Å². The molecule has 0 bridgehead atoms. The molecule has 1 amide bonds. The van der Waals surface area contributed by atoms with Crippen LogP contribution in [-0.4, -0.2) is 31.2 Å². The molecule has 1 saturated carbocycles. The highest BCUT2D eigenvalue weighted by Gasteiger charge is 2.46. The SMILES string of the molecule is CCC.CCCC(C)C.COC(=O)N1CC2(CCC(C)CC2)C1. The van der Waals surface area contributed by atoms with E-state index in [1.165, 1.54) is 52.1 Å². The maximum absolute atomic E-state index is 11.2. The molecule has 2 fully saturated rings. The standard InChI is InChI=1S/C11H19NO2.C6H14.C3H8/c1-9-3-5-11(6-4-9)7-12(8-11)10(13)14-2;1-4-5-6(2)3;1-3-2/h9H,3-8H2,1-2H3;6H,4-5H2,1-3H3;3H2,1-2H3. The van der Waals surface area contributed by atoms with Gasteiger partial charge in [0.1, 0.15) is 0 Å². The largest absolute Gasteiger partial charge is 0.453 e. The molecular weight excluding hydrogens is 286 g/mol. The van der Waals surface area contributed by atoms with Crippen molar-refractivity contribution in [2.24, 2.45) is 17.3 Å². The van der Waals surface area contributed by atoms with Gasteiger partial charge in [-0.3, -0.25) is 0 Å². The molecule has 0 aromatic heterocycles. The molecule has 23 heavy (non-hydrogen) atoms. The number of carbonyl (C=O) groups is 1. The summed E-state index contributed by atoms with van der Waals surface area (Å²) in [4.78, 5) is 13.0. The highest BCUT2D eigenvalue weighted by Crippen LogP contribution is 2.45. The summed E-state index contributed by atoms with van der Waals surface area (Å²) in [6.45, 7) is 15.1. The van der Waals surface area contributed by atoms with Gasteiger partial charge in [-0.1, -0.05) is 73.6 Å². The molecule has 0 radical (unpaired) electrons. The van der Waals surface area contributed by atoms with Crippen LogP contribution in [0.1, 0.15) is 86.5 Å². The van der Waals surface area contributed by atoms with Crippen LogP contribution in [0.15, 0.2) is 0 Å². The molecule has 3 nitrogen and oxygen atoms in total. The number of methoxy groups -OCH3 is 1. The molecular formula is C20H41NO2. The highest BCUT2D eigenvalue weighted by molar-refractivity contribution is 5.68. The number of carbonyl (C=O) groups excluding carboxylic acids is 1. The topological polar surface area (TPSA) is 29.5 Å². The van der Waals surface area contributed by atoms with Gasteiger partial charge in [-0.2, -0.15) is 0 Å². The van der Waals surface area contributed by atoms with E-state index >= 15 is 0 Å². The Balaban J connectivity index is 0.000000453. The second kappa shape index (κ2) is 11.8. The van der Waals surface area contributed by atoms with Crippen LogP contribution in [0.25, 0.3) is 0 Å². The van der Waals surface area contributed by atoms with Crippen LogP contribution in [0.5, 0.6) is 0 Å². The molecule has 1 heterocycles. The second-order valence-corrected chi connectivity index (χ2v) is 7.90. The van der Waals surface area contributed by atoms with Crippen LogP contribution in [0.3, 0.4) is 0 Å². The van der Waals surface area contributed by atoms with Gasteiger partial charge in [0.25, 0.3) is 0 Å². The number of likely N-dealkylation sites (tertiary alicyclic amines) is 1. The zero-order valence-corrected chi connectivity index (χ0v) is 16.8. The lowest BCUT2D eigenvalue weighted by molar-refractivity contribution is -0.0279. The third-order valence-electron chi connectivity index (χ3n) is 4.69. The zero-order chi connectivity index (χ0) is 17.9. The zero-order valence-electron chi connectivity index (χ0n) is 16.8. The first kappa shape index (κ1) is 22.3. The van der Waals surface area contributed by atoms with Crippen LogP contribution >= 0.6 is 0 Å². The smallest absolute Gasteiger partial charge is 0.409 e. The number of rotatable bonds is 2. The number of hydrogen-bond acceptors (Lipinski definition) is 2. The number of nitrogens with zero attached hydrogens (tertiary/aromatic N) is 1. The van der Waals surface area contributed by atoms with Crippen LogP contribution in [0.4, 0.5) is 4.79 Å². The average Bonchev–Trinajstić information content (AvgIpc) is 2.46. The van der Waals surface area contributed by atoms with Crippen molar-refractivity contribution in [3.05, 3.63) is 0 Å². The summed E-state index contributed by atoms with van der Waals surface area (Å²) in [6.07, 6.45) is 9.04. The lowest BCUT2D eigenvalue weighted by Gasteiger charge is -2.52. The fourth-order valence-electron chi connectivity index (χ4n) is 3.29. The minimum Gasteiger partial charge on any atom is -0.453 e. The van der Waals surface area contributed by atoms with Gasteiger partial charge in [0.15, 0.2) is 0 Å². The van der Waals surface area contributed by atoms with Gasteiger partial charge < -0.3 is 9.64 Å². The fraction of sp³-hybridized carbons (Fsp3) is 0.950. The lowest BCUT2D eigenvalue weighted by atomic mass is 9.66. The molecule has 0 unspecified atom stereocenters. The Bertz CT molecular complexity index is 299. The van der Waals surface area contributed by atoms with Crippen LogP contribution in [0.2, 0.25) is 0 Å². The summed E-state index contributed by atoms with van der Waals surface area (Å²) < 4.78 is 4.70. The number of hydrogen-bond donors (Lipinski definition) is 0. The van der Waals surface area contributed by atoms with Gasteiger partial charge >= 0.3 is 6.09 Å². The van der Waals surface area contributed by atoms with E-state index in [9.17, 15) is 4.79 Å². The van der Waals surface area contributed by atoms with E-state index in [2.05, 4.69) is 41.5 Å². The summed E-state index contributed by atoms with van der Waals surface area (Å²) in [6, 6.07) is 0. The Morgan fingerprint density at radius 1 is 1.17 bits per heavy atom. The summed E-state index contributed by atoms with van der Waals surface area (Å²) in [5.41, 5.74) is 0.459. The van der Waals surface area contributed by atoms with Crippen molar-refractivity contribution in [1.82, 2.24) is 4.90 Å². The van der Waals surface area contributed by atoms with Crippen molar-refractivity contribution >= 4 is 6.09 Å². The third kappa shape index (κ3) is 8.62. The molecule has 1 spiro atoms. The number of amides is 1. The highest BCUT2D eigenvalue weighted by atomic mass is 16.5. The van der Waals surface area contributed by atoms with Gasteiger partial charge in [0.05, 0.1) is 7.11 Å². The summed E-state index contributed by atoms with van der Waals surface area (Å²) in [7, 11) is 1.45. The van der Waals surface area contributed by atoms with E-state index in [0.29, 0.717) is 5.41 Å². The third-order valence-corrected chi connectivity index (χ3v) is 4.69. The number of ether oxygens (including phenoxy) is 1. The predicted molar refractivity (Wildman–Crippen MR) is 99.8 cm³/mol. The molecule has 3 heteroatoms.